The van der Waals surface area contributed by atoms with Gasteiger partial charge < -0.3 is 15.2 Å². The van der Waals surface area contributed by atoms with E-state index in [1.165, 1.54) is 18.4 Å². The molecule has 1 fully saturated rings. The number of hydrogen-bond acceptors (Lipinski definition) is 3. The van der Waals surface area contributed by atoms with Crippen molar-refractivity contribution in [3.05, 3.63) is 22.7 Å². The smallest absolute Gasteiger partial charge is 0.179 e. The number of nitrogens with two attached hydrogens (primary N) is 1. The van der Waals surface area contributed by atoms with Gasteiger partial charge in [-0.25, -0.2) is 0 Å². The lowest BCUT2D eigenvalue weighted by Gasteiger charge is -2.11. The van der Waals surface area contributed by atoms with Gasteiger partial charge >= 0.3 is 0 Å². The van der Waals surface area contributed by atoms with Crippen molar-refractivity contribution in [3.8, 4) is 11.5 Å². The van der Waals surface area contributed by atoms with Crippen molar-refractivity contribution in [2.45, 2.75) is 25.7 Å². The van der Waals surface area contributed by atoms with Crippen LogP contribution in [0.2, 0.25) is 5.02 Å². The van der Waals surface area contributed by atoms with Crippen LogP contribution in [0.1, 0.15) is 24.8 Å². The van der Waals surface area contributed by atoms with E-state index in [0.717, 1.165) is 31.8 Å². The van der Waals surface area contributed by atoms with Gasteiger partial charge in [0.2, 0.25) is 0 Å². The van der Waals surface area contributed by atoms with Crippen LogP contribution in [-0.4, -0.2) is 19.8 Å². The SMILES string of the molecule is NCCCc1cc(Cl)c2c(c1)OCC1(CC1)CO2. The fraction of sp³-hybridized carbons (Fsp3) is 0.571. The molecule has 2 aliphatic rings. The van der Waals surface area contributed by atoms with Gasteiger partial charge in [0.15, 0.2) is 11.5 Å². The van der Waals surface area contributed by atoms with E-state index in [0.29, 0.717) is 17.3 Å². The second kappa shape index (κ2) is 4.63. The topological polar surface area (TPSA) is 44.5 Å². The largest absolute Gasteiger partial charge is 0.489 e. The average molecular weight is 268 g/mol. The van der Waals surface area contributed by atoms with Crippen molar-refractivity contribution in [2.24, 2.45) is 11.1 Å². The number of aryl methyl sites for hydroxylation is 1. The highest BCUT2D eigenvalue weighted by molar-refractivity contribution is 6.32. The van der Waals surface area contributed by atoms with Crippen LogP contribution in [0.15, 0.2) is 12.1 Å². The first kappa shape index (κ1) is 12.1. The third-order valence-electron chi connectivity index (χ3n) is 3.75. The molecule has 0 aromatic heterocycles. The molecular weight excluding hydrogens is 250 g/mol. The van der Waals surface area contributed by atoms with Gasteiger partial charge in [0, 0.05) is 5.41 Å². The molecule has 0 bridgehead atoms. The highest BCUT2D eigenvalue weighted by atomic mass is 35.5. The van der Waals surface area contributed by atoms with Crippen LogP contribution in [0.5, 0.6) is 11.5 Å². The fourth-order valence-corrected chi connectivity index (χ4v) is 2.57. The van der Waals surface area contributed by atoms with E-state index in [2.05, 4.69) is 0 Å². The first-order valence-electron chi connectivity index (χ1n) is 6.51. The molecule has 3 nitrogen and oxygen atoms in total. The molecule has 4 heteroatoms. The molecule has 98 valence electrons. The summed E-state index contributed by atoms with van der Waals surface area (Å²) >= 11 is 6.28. The minimum Gasteiger partial charge on any atom is -0.489 e. The maximum absolute atomic E-state index is 6.28. The van der Waals surface area contributed by atoms with E-state index in [1.807, 2.05) is 12.1 Å². The van der Waals surface area contributed by atoms with Gasteiger partial charge in [-0.15, -0.1) is 0 Å². The van der Waals surface area contributed by atoms with Gasteiger partial charge in [-0.2, -0.15) is 0 Å². The molecule has 0 amide bonds. The Morgan fingerprint density at radius 2 is 2.00 bits per heavy atom. The Balaban J connectivity index is 1.84. The Hall–Kier alpha value is -0.930. The summed E-state index contributed by atoms with van der Waals surface area (Å²) in [5.41, 5.74) is 6.95. The van der Waals surface area contributed by atoms with Crippen LogP contribution in [-0.2, 0) is 6.42 Å². The van der Waals surface area contributed by atoms with Gasteiger partial charge in [0.05, 0.1) is 18.2 Å². The summed E-state index contributed by atoms with van der Waals surface area (Å²) in [4.78, 5) is 0. The molecule has 1 aromatic rings. The third kappa shape index (κ3) is 2.29. The number of halogens is 1. The Morgan fingerprint density at radius 3 is 2.72 bits per heavy atom. The van der Waals surface area contributed by atoms with Crippen LogP contribution in [0.25, 0.3) is 0 Å². The molecular formula is C14H18ClNO2. The predicted molar refractivity (Wildman–Crippen MR) is 71.5 cm³/mol. The summed E-state index contributed by atoms with van der Waals surface area (Å²) in [6.45, 7) is 2.16. The normalized spacial score (nSPS) is 19.7. The molecule has 2 N–H and O–H groups in total. The summed E-state index contributed by atoms with van der Waals surface area (Å²) in [6, 6.07) is 4.00. The highest BCUT2D eigenvalue weighted by Gasteiger charge is 2.46. The zero-order valence-electron chi connectivity index (χ0n) is 10.4. The maximum atomic E-state index is 6.28. The fourth-order valence-electron chi connectivity index (χ4n) is 2.28. The van der Waals surface area contributed by atoms with E-state index in [9.17, 15) is 0 Å². The summed E-state index contributed by atoms with van der Waals surface area (Å²) in [6.07, 6.45) is 4.27. The van der Waals surface area contributed by atoms with E-state index in [4.69, 9.17) is 26.8 Å². The zero-order valence-corrected chi connectivity index (χ0v) is 11.1. The standard InChI is InChI=1S/C14H18ClNO2/c15-11-6-10(2-1-5-16)7-12-13(11)18-9-14(3-4-14)8-17-12/h6-7H,1-5,8-9,16H2. The summed E-state index contributed by atoms with van der Waals surface area (Å²) < 4.78 is 11.7. The van der Waals surface area contributed by atoms with Gasteiger partial charge in [-0.3, -0.25) is 0 Å². The quantitative estimate of drug-likeness (QED) is 0.916. The van der Waals surface area contributed by atoms with Gasteiger partial charge in [0.25, 0.3) is 0 Å². The number of fused-ring (bicyclic) bond motifs is 1. The second-order valence-corrected chi connectivity index (χ2v) is 5.78. The van der Waals surface area contributed by atoms with Crippen molar-refractivity contribution >= 4 is 11.6 Å². The lowest BCUT2D eigenvalue weighted by molar-refractivity contribution is 0.197. The van der Waals surface area contributed by atoms with E-state index >= 15 is 0 Å². The first-order valence-corrected chi connectivity index (χ1v) is 6.88. The van der Waals surface area contributed by atoms with Crippen molar-refractivity contribution < 1.29 is 9.47 Å². The average Bonchev–Trinajstić information content (AvgIpc) is 3.15. The van der Waals surface area contributed by atoms with Gasteiger partial charge in [-0.1, -0.05) is 11.6 Å². The molecule has 18 heavy (non-hydrogen) atoms. The van der Waals surface area contributed by atoms with Crippen LogP contribution < -0.4 is 15.2 Å². The second-order valence-electron chi connectivity index (χ2n) is 5.37. The Kier molecular flexibility index (Phi) is 3.12. The van der Waals surface area contributed by atoms with Crippen LogP contribution >= 0.6 is 11.6 Å². The zero-order chi connectivity index (χ0) is 12.6. The van der Waals surface area contributed by atoms with Crippen LogP contribution in [0.4, 0.5) is 0 Å². The first-order chi connectivity index (χ1) is 8.72. The van der Waals surface area contributed by atoms with Crippen molar-refractivity contribution in [1.82, 2.24) is 0 Å². The van der Waals surface area contributed by atoms with Gasteiger partial charge in [-0.05, 0) is 49.9 Å². The van der Waals surface area contributed by atoms with Crippen molar-refractivity contribution in [2.75, 3.05) is 19.8 Å². The number of ether oxygens (including phenoxy) is 2. The van der Waals surface area contributed by atoms with Crippen molar-refractivity contribution in [3.63, 3.8) is 0 Å². The minimum absolute atomic E-state index is 0.250. The molecule has 1 aromatic carbocycles. The third-order valence-corrected chi connectivity index (χ3v) is 4.03. The number of hydrogen-bond donors (Lipinski definition) is 1. The molecule has 0 radical (unpaired) electrons. The Bertz CT molecular complexity index is 457. The molecule has 1 saturated carbocycles. The van der Waals surface area contributed by atoms with E-state index in [-0.39, 0.29) is 5.41 Å². The molecule has 0 atom stereocenters. The van der Waals surface area contributed by atoms with Crippen LogP contribution in [0, 0.1) is 5.41 Å². The van der Waals surface area contributed by atoms with Gasteiger partial charge in [0.1, 0.15) is 0 Å². The molecule has 0 saturated heterocycles. The summed E-state index contributed by atoms with van der Waals surface area (Å²) in [7, 11) is 0. The molecule has 1 spiro atoms. The summed E-state index contributed by atoms with van der Waals surface area (Å²) in [5.74, 6) is 1.50. The highest BCUT2D eigenvalue weighted by Crippen LogP contribution is 2.50. The monoisotopic (exact) mass is 267 g/mol. The maximum Gasteiger partial charge on any atom is 0.179 e. The van der Waals surface area contributed by atoms with Crippen molar-refractivity contribution in [1.29, 1.82) is 0 Å². The van der Waals surface area contributed by atoms with E-state index in [1.54, 1.807) is 0 Å². The number of benzene rings is 1. The minimum atomic E-state index is 0.250. The van der Waals surface area contributed by atoms with E-state index < -0.39 is 0 Å². The molecule has 0 unspecified atom stereocenters. The van der Waals surface area contributed by atoms with Crippen LogP contribution in [0.3, 0.4) is 0 Å². The Morgan fingerprint density at radius 1 is 1.22 bits per heavy atom. The summed E-state index contributed by atoms with van der Waals surface area (Å²) in [5, 5.41) is 0.650. The Labute approximate surface area is 112 Å². The molecule has 1 aliphatic carbocycles. The lowest BCUT2D eigenvalue weighted by Crippen LogP contribution is -2.17. The number of rotatable bonds is 3. The lowest BCUT2D eigenvalue weighted by atomic mass is 10.1. The molecule has 3 rings (SSSR count). The predicted octanol–water partition coefficient (Wildman–Crippen LogP) is 2.78. The molecule has 1 aliphatic heterocycles. The molecule has 1 heterocycles.